The summed E-state index contributed by atoms with van der Waals surface area (Å²) >= 11 is 5.86. The first-order chi connectivity index (χ1) is 6.25. The van der Waals surface area contributed by atoms with Crippen LogP contribution in [0.5, 0.6) is 11.5 Å². The Balaban J connectivity index is 2.03. The van der Waals surface area contributed by atoms with Crippen LogP contribution in [-0.4, -0.2) is 11.7 Å². The molecule has 0 aromatic heterocycles. The van der Waals surface area contributed by atoms with E-state index in [4.69, 9.17) is 16.3 Å². The van der Waals surface area contributed by atoms with Gasteiger partial charge in [0.2, 0.25) is 0 Å². The minimum Gasteiger partial charge on any atom is -0.508 e. The Hall–Kier alpha value is -0.890. The highest BCUT2D eigenvalue weighted by atomic mass is 35.5. The summed E-state index contributed by atoms with van der Waals surface area (Å²) in [6.45, 7) is 0.711. The van der Waals surface area contributed by atoms with Gasteiger partial charge in [-0.1, -0.05) is 11.6 Å². The fourth-order valence-electron chi connectivity index (χ4n) is 1.09. The Labute approximate surface area is 82.1 Å². The monoisotopic (exact) mass is 198 g/mol. The average Bonchev–Trinajstić information content (AvgIpc) is 2.90. The van der Waals surface area contributed by atoms with Crippen LogP contribution in [0.3, 0.4) is 0 Å². The molecule has 1 aliphatic rings. The van der Waals surface area contributed by atoms with E-state index in [0.29, 0.717) is 23.3 Å². The van der Waals surface area contributed by atoms with Gasteiger partial charge in [0.1, 0.15) is 11.5 Å². The molecule has 0 aliphatic heterocycles. The molecule has 1 aromatic carbocycles. The lowest BCUT2D eigenvalue weighted by atomic mass is 10.3. The molecule has 1 aliphatic carbocycles. The number of rotatable bonds is 3. The Morgan fingerprint density at radius 3 is 2.92 bits per heavy atom. The number of phenolic OH excluding ortho intramolecular Hbond substituents is 1. The molecule has 1 aromatic rings. The number of benzene rings is 1. The van der Waals surface area contributed by atoms with Gasteiger partial charge in [-0.3, -0.25) is 0 Å². The predicted molar refractivity (Wildman–Crippen MR) is 51.3 cm³/mol. The van der Waals surface area contributed by atoms with Crippen molar-refractivity contribution >= 4 is 11.6 Å². The molecule has 0 atom stereocenters. The zero-order valence-electron chi connectivity index (χ0n) is 7.16. The normalized spacial score (nSPS) is 15.8. The number of ether oxygens (including phenoxy) is 1. The average molecular weight is 199 g/mol. The van der Waals surface area contributed by atoms with Crippen molar-refractivity contribution in [3.8, 4) is 11.5 Å². The second kappa shape index (κ2) is 3.46. The van der Waals surface area contributed by atoms with Crippen LogP contribution >= 0.6 is 11.6 Å². The number of aromatic hydroxyl groups is 1. The van der Waals surface area contributed by atoms with E-state index < -0.39 is 0 Å². The van der Waals surface area contributed by atoms with Gasteiger partial charge in [-0.25, -0.2) is 0 Å². The summed E-state index contributed by atoms with van der Waals surface area (Å²) in [5.74, 6) is 1.46. The molecule has 3 heteroatoms. The van der Waals surface area contributed by atoms with Crippen LogP contribution in [0.15, 0.2) is 18.2 Å². The molecule has 0 bridgehead atoms. The third kappa shape index (κ3) is 2.28. The number of hydrogen-bond donors (Lipinski definition) is 1. The molecule has 0 unspecified atom stereocenters. The van der Waals surface area contributed by atoms with Crippen LogP contribution in [0.25, 0.3) is 0 Å². The maximum atomic E-state index is 9.18. The van der Waals surface area contributed by atoms with E-state index in [-0.39, 0.29) is 5.75 Å². The summed E-state index contributed by atoms with van der Waals surface area (Å²) in [6, 6.07) is 4.73. The van der Waals surface area contributed by atoms with Crippen molar-refractivity contribution < 1.29 is 9.84 Å². The molecule has 0 heterocycles. The van der Waals surface area contributed by atoms with Crippen molar-refractivity contribution in [3.63, 3.8) is 0 Å². The van der Waals surface area contributed by atoms with E-state index in [9.17, 15) is 5.11 Å². The maximum Gasteiger partial charge on any atom is 0.141 e. The van der Waals surface area contributed by atoms with Crippen molar-refractivity contribution in [1.29, 1.82) is 0 Å². The molecule has 2 rings (SSSR count). The Morgan fingerprint density at radius 1 is 1.46 bits per heavy atom. The van der Waals surface area contributed by atoms with Crippen molar-refractivity contribution in [2.24, 2.45) is 5.92 Å². The summed E-state index contributed by atoms with van der Waals surface area (Å²) in [5.41, 5.74) is 0. The first-order valence-electron chi connectivity index (χ1n) is 4.37. The molecule has 1 fully saturated rings. The maximum absolute atomic E-state index is 9.18. The zero-order valence-corrected chi connectivity index (χ0v) is 7.92. The second-order valence-electron chi connectivity index (χ2n) is 3.37. The SMILES string of the molecule is Oc1ccc(Cl)c(OCC2CC2)c1. The summed E-state index contributed by atoms with van der Waals surface area (Å²) in [5, 5.41) is 9.73. The van der Waals surface area contributed by atoms with Gasteiger partial charge in [-0.2, -0.15) is 0 Å². The molecule has 13 heavy (non-hydrogen) atoms. The van der Waals surface area contributed by atoms with Crippen LogP contribution in [0.2, 0.25) is 5.02 Å². The lowest BCUT2D eigenvalue weighted by Crippen LogP contribution is -1.98. The van der Waals surface area contributed by atoms with Gasteiger partial charge in [-0.15, -0.1) is 0 Å². The predicted octanol–water partition coefficient (Wildman–Crippen LogP) is 2.83. The van der Waals surface area contributed by atoms with E-state index in [1.54, 1.807) is 18.2 Å². The van der Waals surface area contributed by atoms with Gasteiger partial charge < -0.3 is 9.84 Å². The van der Waals surface area contributed by atoms with Gasteiger partial charge in [0.15, 0.2) is 0 Å². The van der Waals surface area contributed by atoms with Crippen molar-refractivity contribution in [2.75, 3.05) is 6.61 Å². The topological polar surface area (TPSA) is 29.5 Å². The quantitative estimate of drug-likeness (QED) is 0.810. The van der Waals surface area contributed by atoms with E-state index in [0.717, 1.165) is 0 Å². The second-order valence-corrected chi connectivity index (χ2v) is 3.78. The molecular weight excluding hydrogens is 188 g/mol. The van der Waals surface area contributed by atoms with Crippen LogP contribution in [0, 0.1) is 5.92 Å². The third-order valence-corrected chi connectivity index (χ3v) is 2.40. The Kier molecular flexibility index (Phi) is 2.32. The van der Waals surface area contributed by atoms with Crippen LogP contribution in [0.4, 0.5) is 0 Å². The fraction of sp³-hybridized carbons (Fsp3) is 0.400. The minimum absolute atomic E-state index is 0.190. The molecule has 1 saturated carbocycles. The van der Waals surface area contributed by atoms with Crippen molar-refractivity contribution in [1.82, 2.24) is 0 Å². The first kappa shape index (κ1) is 8.70. The highest BCUT2D eigenvalue weighted by Gasteiger charge is 2.22. The number of halogens is 1. The Bertz CT molecular complexity index is 308. The molecule has 2 nitrogen and oxygen atoms in total. The van der Waals surface area contributed by atoms with E-state index in [2.05, 4.69) is 0 Å². The minimum atomic E-state index is 0.190. The first-order valence-corrected chi connectivity index (χ1v) is 4.75. The summed E-state index contributed by atoms with van der Waals surface area (Å²) < 4.78 is 5.45. The van der Waals surface area contributed by atoms with Crippen LogP contribution in [0.1, 0.15) is 12.8 Å². The highest BCUT2D eigenvalue weighted by molar-refractivity contribution is 6.32. The van der Waals surface area contributed by atoms with Crippen molar-refractivity contribution in [2.45, 2.75) is 12.8 Å². The number of hydrogen-bond acceptors (Lipinski definition) is 2. The standard InChI is InChI=1S/C10H11ClO2/c11-9-4-3-8(12)5-10(9)13-6-7-1-2-7/h3-5,7,12H,1-2,6H2. The highest BCUT2D eigenvalue weighted by Crippen LogP contribution is 2.33. The van der Waals surface area contributed by atoms with E-state index in [1.165, 1.54) is 12.8 Å². The van der Waals surface area contributed by atoms with E-state index in [1.807, 2.05) is 0 Å². The molecule has 0 amide bonds. The molecule has 0 spiro atoms. The van der Waals surface area contributed by atoms with Gasteiger partial charge in [0.25, 0.3) is 0 Å². The van der Waals surface area contributed by atoms with Crippen LogP contribution in [-0.2, 0) is 0 Å². The van der Waals surface area contributed by atoms with Crippen molar-refractivity contribution in [3.05, 3.63) is 23.2 Å². The van der Waals surface area contributed by atoms with Gasteiger partial charge in [0, 0.05) is 6.07 Å². The molecule has 0 saturated heterocycles. The zero-order chi connectivity index (χ0) is 9.26. The molecular formula is C10H11ClO2. The lowest BCUT2D eigenvalue weighted by molar-refractivity contribution is 0.298. The fourth-order valence-corrected chi connectivity index (χ4v) is 1.27. The summed E-state index contributed by atoms with van der Waals surface area (Å²) in [7, 11) is 0. The molecule has 0 radical (unpaired) electrons. The van der Waals surface area contributed by atoms with E-state index >= 15 is 0 Å². The summed E-state index contributed by atoms with van der Waals surface area (Å²) in [4.78, 5) is 0. The Morgan fingerprint density at radius 2 is 2.23 bits per heavy atom. The molecule has 1 N–H and O–H groups in total. The van der Waals surface area contributed by atoms with Crippen LogP contribution < -0.4 is 4.74 Å². The van der Waals surface area contributed by atoms with Gasteiger partial charge >= 0.3 is 0 Å². The van der Waals surface area contributed by atoms with Gasteiger partial charge in [-0.05, 0) is 30.9 Å². The largest absolute Gasteiger partial charge is 0.508 e. The summed E-state index contributed by atoms with van der Waals surface area (Å²) in [6.07, 6.45) is 2.49. The third-order valence-electron chi connectivity index (χ3n) is 2.09. The van der Waals surface area contributed by atoms with Gasteiger partial charge in [0.05, 0.1) is 11.6 Å². The molecule has 70 valence electrons. The lowest BCUT2D eigenvalue weighted by Gasteiger charge is -2.06. The number of phenols is 1. The smallest absolute Gasteiger partial charge is 0.141 e.